The largest absolute Gasteiger partial charge is 0.465 e. The van der Waals surface area contributed by atoms with Crippen LogP contribution in [0.4, 0.5) is 5.69 Å². The molecular weight excluding hydrogens is 488 g/mol. The van der Waals surface area contributed by atoms with Crippen LogP contribution in [0.5, 0.6) is 5.75 Å². The van der Waals surface area contributed by atoms with Gasteiger partial charge < -0.3 is 19.9 Å². The van der Waals surface area contributed by atoms with Gasteiger partial charge in [0.15, 0.2) is 0 Å². The molecule has 4 aliphatic rings. The van der Waals surface area contributed by atoms with Gasteiger partial charge in [0.25, 0.3) is 11.8 Å². The fraction of sp³-hybridized carbons (Fsp3) is 0.406. The van der Waals surface area contributed by atoms with Crippen molar-refractivity contribution in [1.82, 2.24) is 14.9 Å². The summed E-state index contributed by atoms with van der Waals surface area (Å²) in [5.74, 6) is 2.98. The number of amides is 2. The number of carbonyl (C=O) groups is 2. The first-order chi connectivity index (χ1) is 19.0. The average Bonchev–Trinajstić information content (AvgIpc) is 3.44. The Bertz CT molecular complexity index is 1290. The average molecular weight is 525 g/mol. The van der Waals surface area contributed by atoms with Gasteiger partial charge in [0.1, 0.15) is 5.75 Å². The molecule has 4 fully saturated rings. The van der Waals surface area contributed by atoms with Crippen molar-refractivity contribution in [3.63, 3.8) is 0 Å². The van der Waals surface area contributed by atoms with Gasteiger partial charge >= 0.3 is 0 Å². The van der Waals surface area contributed by atoms with Crippen molar-refractivity contribution in [2.75, 3.05) is 11.9 Å². The molecule has 1 aromatic heterocycles. The van der Waals surface area contributed by atoms with E-state index in [-0.39, 0.29) is 11.8 Å². The smallest absolute Gasteiger partial charge is 0.251 e. The lowest BCUT2D eigenvalue weighted by molar-refractivity contribution is -0.112. The first-order valence-corrected chi connectivity index (χ1v) is 14.1. The zero-order valence-corrected chi connectivity index (χ0v) is 22.2. The van der Waals surface area contributed by atoms with E-state index >= 15 is 0 Å². The maximum absolute atomic E-state index is 12.5. The van der Waals surface area contributed by atoms with E-state index in [2.05, 4.69) is 27.8 Å². The van der Waals surface area contributed by atoms with Crippen molar-refractivity contribution in [2.24, 2.45) is 17.8 Å². The Hall–Kier alpha value is -3.87. The van der Waals surface area contributed by atoms with Gasteiger partial charge in [-0.05, 0) is 104 Å². The number of benzene rings is 2. The quantitative estimate of drug-likeness (QED) is 0.202. The summed E-state index contributed by atoms with van der Waals surface area (Å²) in [5.41, 5.74) is 2.87. The molecule has 1 heterocycles. The summed E-state index contributed by atoms with van der Waals surface area (Å²) in [4.78, 5) is 28.9. The normalized spacial score (nSPS) is 25.1. The number of nitrogens with one attached hydrogen (secondary N) is 2. The summed E-state index contributed by atoms with van der Waals surface area (Å²) in [7, 11) is 0. The van der Waals surface area contributed by atoms with Crippen molar-refractivity contribution in [3.05, 3.63) is 90.7 Å². The molecule has 4 aliphatic carbocycles. The molecule has 0 spiro atoms. The van der Waals surface area contributed by atoms with Gasteiger partial charge in [0.05, 0.1) is 12.6 Å². The fourth-order valence-corrected chi connectivity index (χ4v) is 7.43. The summed E-state index contributed by atoms with van der Waals surface area (Å²) in [6, 6.07) is 15.4. The lowest BCUT2D eigenvalue weighted by Crippen LogP contribution is -2.48. The van der Waals surface area contributed by atoms with E-state index < -0.39 is 0 Å². The third kappa shape index (κ3) is 5.92. The third-order valence-electron chi connectivity index (χ3n) is 8.76. The van der Waals surface area contributed by atoms with Gasteiger partial charge in [-0.2, -0.15) is 0 Å². The predicted molar refractivity (Wildman–Crippen MR) is 150 cm³/mol. The van der Waals surface area contributed by atoms with Crippen molar-refractivity contribution >= 4 is 17.5 Å². The molecule has 202 valence electrons. The number of carbonyl (C=O) groups excluding carboxylic acids is 2. The van der Waals surface area contributed by atoms with Gasteiger partial charge in [-0.1, -0.05) is 18.2 Å². The molecule has 39 heavy (non-hydrogen) atoms. The van der Waals surface area contributed by atoms with Crippen LogP contribution >= 0.6 is 0 Å². The monoisotopic (exact) mass is 524 g/mol. The summed E-state index contributed by atoms with van der Waals surface area (Å²) >= 11 is 0. The molecule has 7 nitrogen and oxygen atoms in total. The van der Waals surface area contributed by atoms with Gasteiger partial charge in [-0.3, -0.25) is 9.59 Å². The molecule has 4 saturated carbocycles. The number of ether oxygens (including phenoxy) is 1. The number of nitrogens with zero attached hydrogens (tertiary/aromatic N) is 2. The number of imidazole rings is 1. The van der Waals surface area contributed by atoms with E-state index in [0.29, 0.717) is 23.2 Å². The van der Waals surface area contributed by atoms with E-state index in [4.69, 9.17) is 4.74 Å². The Morgan fingerprint density at radius 2 is 1.77 bits per heavy atom. The van der Waals surface area contributed by atoms with E-state index in [1.165, 1.54) is 56.4 Å². The standard InChI is InChI=1S/C32H36N4O3/c37-30(35-28-4-1-3-26(18-28)31(38)34-10-2-12-36-13-11-33-22-36)9-14-39-29-7-5-27(6-8-29)32-19-23-15-24(20-32)17-25(16-23)21-32/h1,3-9,11,13-14,18,22-25H,2,10,12,15-17,19-21H2,(H,34,38)(H,35,37)/b14-9+. The van der Waals surface area contributed by atoms with Crippen LogP contribution in [-0.2, 0) is 16.8 Å². The van der Waals surface area contributed by atoms with Crippen molar-refractivity contribution in [2.45, 2.75) is 56.9 Å². The maximum atomic E-state index is 12.5. The number of anilines is 1. The molecule has 3 aromatic rings. The maximum Gasteiger partial charge on any atom is 0.251 e. The Kier molecular flexibility index (Phi) is 7.22. The minimum Gasteiger partial charge on any atom is -0.465 e. The van der Waals surface area contributed by atoms with Crippen LogP contribution in [0.2, 0.25) is 0 Å². The van der Waals surface area contributed by atoms with Gasteiger partial charge in [0.2, 0.25) is 0 Å². The van der Waals surface area contributed by atoms with Crippen molar-refractivity contribution in [1.29, 1.82) is 0 Å². The van der Waals surface area contributed by atoms with Crippen LogP contribution in [0.15, 0.2) is 79.6 Å². The SMILES string of the molecule is O=C(/C=C/Oc1ccc(C23CC4CC(CC(C4)C2)C3)cc1)Nc1cccc(C(=O)NCCCn2ccnc2)c1. The molecule has 0 unspecified atom stereocenters. The number of hydrogen-bond acceptors (Lipinski definition) is 4. The van der Waals surface area contributed by atoms with Gasteiger partial charge in [0, 0.05) is 42.8 Å². The van der Waals surface area contributed by atoms with Crippen molar-refractivity contribution in [3.8, 4) is 5.75 Å². The van der Waals surface area contributed by atoms with E-state index in [0.717, 1.165) is 36.5 Å². The molecule has 2 amide bonds. The molecule has 2 N–H and O–H groups in total. The van der Waals surface area contributed by atoms with E-state index in [1.807, 2.05) is 22.9 Å². The molecule has 2 aromatic carbocycles. The summed E-state index contributed by atoms with van der Waals surface area (Å²) < 4.78 is 7.69. The predicted octanol–water partition coefficient (Wildman–Crippen LogP) is 5.70. The zero-order valence-electron chi connectivity index (χ0n) is 22.2. The molecule has 0 saturated heterocycles. The van der Waals surface area contributed by atoms with Gasteiger partial charge in [-0.15, -0.1) is 0 Å². The Labute approximate surface area is 229 Å². The second kappa shape index (κ2) is 11.1. The van der Waals surface area contributed by atoms with Crippen LogP contribution in [0.3, 0.4) is 0 Å². The second-order valence-corrected chi connectivity index (χ2v) is 11.6. The molecular formula is C32H36N4O3. The topological polar surface area (TPSA) is 85.2 Å². The first kappa shape index (κ1) is 25.4. The number of aromatic nitrogens is 2. The number of hydrogen-bond donors (Lipinski definition) is 2. The van der Waals surface area contributed by atoms with Crippen LogP contribution in [0, 0.1) is 17.8 Å². The van der Waals surface area contributed by atoms with Crippen LogP contribution in [0.25, 0.3) is 0 Å². The molecule has 4 bridgehead atoms. The first-order valence-electron chi connectivity index (χ1n) is 14.1. The van der Waals surface area contributed by atoms with Crippen molar-refractivity contribution < 1.29 is 14.3 Å². The van der Waals surface area contributed by atoms with E-state index in [1.54, 1.807) is 36.8 Å². The number of aryl methyl sites for hydroxylation is 1. The Morgan fingerprint density at radius 1 is 1.03 bits per heavy atom. The molecule has 0 aliphatic heterocycles. The Balaban J connectivity index is 0.973. The van der Waals surface area contributed by atoms with Crippen LogP contribution in [0.1, 0.15) is 60.9 Å². The Morgan fingerprint density at radius 3 is 2.46 bits per heavy atom. The summed E-state index contributed by atoms with van der Waals surface area (Å²) in [6.45, 7) is 1.34. The lowest BCUT2D eigenvalue weighted by atomic mass is 9.48. The summed E-state index contributed by atoms with van der Waals surface area (Å²) in [6.07, 6.45) is 17.3. The van der Waals surface area contributed by atoms with E-state index in [9.17, 15) is 9.59 Å². The van der Waals surface area contributed by atoms with Gasteiger partial charge in [-0.25, -0.2) is 4.98 Å². The molecule has 7 rings (SSSR count). The highest BCUT2D eigenvalue weighted by atomic mass is 16.5. The molecule has 0 radical (unpaired) electrons. The molecule has 7 heteroatoms. The highest BCUT2D eigenvalue weighted by Gasteiger charge is 2.51. The molecule has 0 atom stereocenters. The second-order valence-electron chi connectivity index (χ2n) is 11.6. The number of rotatable bonds is 10. The lowest BCUT2D eigenvalue weighted by Gasteiger charge is -2.57. The minimum absolute atomic E-state index is 0.174. The van der Waals surface area contributed by atoms with Crippen LogP contribution in [-0.4, -0.2) is 27.9 Å². The highest BCUT2D eigenvalue weighted by Crippen LogP contribution is 2.60. The minimum atomic E-state index is -0.321. The zero-order chi connectivity index (χ0) is 26.7. The summed E-state index contributed by atoms with van der Waals surface area (Å²) in [5, 5.41) is 5.71. The fourth-order valence-electron chi connectivity index (χ4n) is 7.43. The highest BCUT2D eigenvalue weighted by molar-refractivity contribution is 6.01. The third-order valence-corrected chi connectivity index (χ3v) is 8.76. The van der Waals surface area contributed by atoms with Crippen LogP contribution < -0.4 is 15.4 Å².